The van der Waals surface area contributed by atoms with E-state index in [4.69, 9.17) is 19.6 Å². The molecular weight excluding hydrogens is 482 g/mol. The topological polar surface area (TPSA) is 119 Å². The summed E-state index contributed by atoms with van der Waals surface area (Å²) in [7, 11) is 0. The van der Waals surface area contributed by atoms with Crippen LogP contribution in [0.15, 0.2) is 70.8 Å². The van der Waals surface area contributed by atoms with E-state index in [2.05, 4.69) is 5.32 Å². The second-order valence-electron chi connectivity index (χ2n) is 8.37. The lowest BCUT2D eigenvalue weighted by Gasteiger charge is -2.33. The number of benzene rings is 3. The molecule has 0 bridgehead atoms. The van der Waals surface area contributed by atoms with E-state index in [1.807, 2.05) is 37.3 Å². The van der Waals surface area contributed by atoms with Crippen molar-refractivity contribution < 1.29 is 19.2 Å². The third-order valence-electron chi connectivity index (χ3n) is 6.01. The fraction of sp³-hybridized carbons (Fsp3) is 0.160. The summed E-state index contributed by atoms with van der Waals surface area (Å²) < 4.78 is 10.8. The Morgan fingerprint density at radius 1 is 1.14 bits per heavy atom. The van der Waals surface area contributed by atoms with Crippen molar-refractivity contribution in [3.8, 4) is 11.5 Å². The molecule has 0 saturated carbocycles. The minimum absolute atomic E-state index is 0.0258. The van der Waals surface area contributed by atoms with Gasteiger partial charge in [0.15, 0.2) is 22.8 Å². The van der Waals surface area contributed by atoms with Gasteiger partial charge in [-0.15, -0.1) is 5.10 Å². The Morgan fingerprint density at radius 2 is 1.89 bits per heavy atom. The minimum Gasteiger partial charge on any atom is -0.454 e. The van der Waals surface area contributed by atoms with Crippen LogP contribution < -0.4 is 25.4 Å². The van der Waals surface area contributed by atoms with Crippen LogP contribution in [-0.4, -0.2) is 27.8 Å². The normalized spacial score (nSPS) is 17.5. The molecule has 0 spiro atoms. The highest BCUT2D eigenvalue weighted by Crippen LogP contribution is 2.43. The Balaban J connectivity index is 1.46. The van der Waals surface area contributed by atoms with Crippen LogP contribution >= 0.6 is 11.8 Å². The van der Waals surface area contributed by atoms with Gasteiger partial charge in [0.05, 0.1) is 21.9 Å². The number of amidine groups is 1. The zero-order chi connectivity index (χ0) is 24.8. The van der Waals surface area contributed by atoms with Crippen LogP contribution in [0.4, 0.5) is 5.69 Å². The summed E-state index contributed by atoms with van der Waals surface area (Å²) in [4.78, 5) is 29.6. The first-order chi connectivity index (χ1) is 17.5. The van der Waals surface area contributed by atoms with Gasteiger partial charge in [-0.1, -0.05) is 59.8 Å². The van der Waals surface area contributed by atoms with E-state index in [1.54, 1.807) is 24.3 Å². The SMILES string of the molecule is Cc1ccc(CSC2=NN3C(=c4ccccc4=N[C@@H]3c3cc4c(cc3[N+](=O)[O-])OCO4)C(=O)N2)cc1. The number of hydrazone groups is 1. The lowest BCUT2D eigenvalue weighted by molar-refractivity contribution is -0.386. The van der Waals surface area contributed by atoms with Gasteiger partial charge in [0.2, 0.25) is 6.79 Å². The maximum absolute atomic E-state index is 13.3. The predicted molar refractivity (Wildman–Crippen MR) is 132 cm³/mol. The average molecular weight is 502 g/mol. The highest BCUT2D eigenvalue weighted by molar-refractivity contribution is 8.13. The van der Waals surface area contributed by atoms with Crippen molar-refractivity contribution in [2.75, 3.05) is 6.79 Å². The third kappa shape index (κ3) is 3.83. The number of thioether (sulfide) groups is 1. The Morgan fingerprint density at radius 3 is 2.67 bits per heavy atom. The molecule has 3 aromatic carbocycles. The standard InChI is InChI=1S/C25H19N5O5S/c1-14-6-8-15(9-7-14)12-36-25-27-24(31)22-16-4-2-3-5-18(16)26-23(29(22)28-25)17-10-20-21(35-13-34-20)11-19(17)30(32)33/h2-11,23H,12-13H2,1H3,(H,27,28,31)/t23-/m0/s1. The van der Waals surface area contributed by atoms with Gasteiger partial charge in [-0.3, -0.25) is 25.2 Å². The van der Waals surface area contributed by atoms with Crippen molar-refractivity contribution in [1.82, 2.24) is 10.3 Å². The quantitative estimate of drug-likeness (QED) is 0.431. The van der Waals surface area contributed by atoms with Crippen molar-refractivity contribution in [2.24, 2.45) is 10.1 Å². The first-order valence-corrected chi connectivity index (χ1v) is 12.1. The average Bonchev–Trinajstić information content (AvgIpc) is 3.34. The smallest absolute Gasteiger partial charge is 0.280 e. The summed E-state index contributed by atoms with van der Waals surface area (Å²) in [6, 6.07) is 18.1. The second kappa shape index (κ2) is 8.68. The number of hydrogen-bond donors (Lipinski definition) is 1. The molecule has 1 N–H and O–H groups in total. The lowest BCUT2D eigenvalue weighted by atomic mass is 10.1. The number of carbonyl (C=O) groups excluding carboxylic acids is 1. The number of aryl methyl sites for hydroxylation is 1. The molecule has 10 nitrogen and oxygen atoms in total. The number of fused-ring (bicyclic) bond motifs is 3. The fourth-order valence-electron chi connectivity index (χ4n) is 4.24. The molecule has 0 radical (unpaired) electrons. The van der Waals surface area contributed by atoms with Crippen LogP contribution in [-0.2, 0) is 10.5 Å². The molecule has 0 saturated heterocycles. The number of nitrogens with one attached hydrogen (secondary N) is 1. The summed E-state index contributed by atoms with van der Waals surface area (Å²) >= 11 is 1.37. The van der Waals surface area contributed by atoms with E-state index in [9.17, 15) is 14.9 Å². The van der Waals surface area contributed by atoms with Gasteiger partial charge in [-0.05, 0) is 24.6 Å². The molecule has 6 rings (SSSR count). The number of amides is 1. The lowest BCUT2D eigenvalue weighted by Crippen LogP contribution is -2.50. The Hall–Kier alpha value is -4.38. The van der Waals surface area contributed by atoms with Gasteiger partial charge in [-0.25, -0.2) is 5.01 Å². The molecular formula is C25H19N5O5S. The molecule has 36 heavy (non-hydrogen) atoms. The molecule has 3 heterocycles. The molecule has 0 aliphatic carbocycles. The molecule has 3 aliphatic heterocycles. The number of ether oxygens (including phenoxy) is 2. The number of nitro groups is 1. The molecule has 0 fully saturated rings. The molecule has 11 heteroatoms. The molecule has 0 aromatic heterocycles. The van der Waals surface area contributed by atoms with E-state index in [0.717, 1.165) is 11.1 Å². The Kier molecular flexibility index (Phi) is 5.33. The molecule has 3 aromatic rings. The summed E-state index contributed by atoms with van der Waals surface area (Å²) in [5.74, 6) is 0.906. The van der Waals surface area contributed by atoms with E-state index < -0.39 is 11.1 Å². The number of carbonyl (C=O) groups is 1. The van der Waals surface area contributed by atoms with Gasteiger partial charge in [-0.2, -0.15) is 0 Å². The maximum atomic E-state index is 13.3. The number of nitrogens with zero attached hydrogens (tertiary/aromatic N) is 4. The Labute approximate surface area is 209 Å². The van der Waals surface area contributed by atoms with Crippen LogP contribution in [0.3, 0.4) is 0 Å². The fourth-order valence-corrected chi connectivity index (χ4v) is 5.05. The van der Waals surface area contributed by atoms with Gasteiger partial charge in [0, 0.05) is 11.0 Å². The van der Waals surface area contributed by atoms with E-state index in [-0.39, 0.29) is 29.6 Å². The molecule has 1 atom stereocenters. The van der Waals surface area contributed by atoms with Crippen molar-refractivity contribution in [3.05, 3.63) is 98.0 Å². The highest BCUT2D eigenvalue weighted by atomic mass is 32.2. The van der Waals surface area contributed by atoms with Gasteiger partial charge >= 0.3 is 0 Å². The first kappa shape index (κ1) is 22.1. The van der Waals surface area contributed by atoms with Gasteiger partial charge in [0.1, 0.15) is 5.70 Å². The highest BCUT2D eigenvalue weighted by Gasteiger charge is 2.38. The van der Waals surface area contributed by atoms with E-state index in [0.29, 0.717) is 33.0 Å². The van der Waals surface area contributed by atoms with Crippen molar-refractivity contribution in [1.29, 1.82) is 0 Å². The molecule has 1 amide bonds. The van der Waals surface area contributed by atoms with Crippen LogP contribution in [0.25, 0.3) is 5.70 Å². The number of rotatable bonds is 4. The summed E-state index contributed by atoms with van der Waals surface area (Å²) in [6.45, 7) is 1.99. The summed E-state index contributed by atoms with van der Waals surface area (Å²) in [5, 5.41) is 22.5. The van der Waals surface area contributed by atoms with Gasteiger partial charge < -0.3 is 9.47 Å². The van der Waals surface area contributed by atoms with Crippen molar-refractivity contribution >= 4 is 34.2 Å². The predicted octanol–water partition coefficient (Wildman–Crippen LogP) is 2.71. The zero-order valence-corrected chi connectivity index (χ0v) is 19.8. The van der Waals surface area contributed by atoms with Crippen LogP contribution in [0.1, 0.15) is 22.9 Å². The third-order valence-corrected chi connectivity index (χ3v) is 6.94. The molecule has 3 aliphatic rings. The largest absolute Gasteiger partial charge is 0.454 e. The Bertz CT molecular complexity index is 1570. The van der Waals surface area contributed by atoms with Crippen LogP contribution in [0.2, 0.25) is 0 Å². The van der Waals surface area contributed by atoms with Gasteiger partial charge in [0.25, 0.3) is 11.6 Å². The summed E-state index contributed by atoms with van der Waals surface area (Å²) in [5.41, 5.74) is 2.57. The zero-order valence-electron chi connectivity index (χ0n) is 19.0. The number of para-hydroxylation sites is 1. The number of nitro benzene ring substituents is 1. The van der Waals surface area contributed by atoms with E-state index in [1.165, 1.54) is 22.8 Å². The van der Waals surface area contributed by atoms with Crippen LogP contribution in [0, 0.1) is 17.0 Å². The van der Waals surface area contributed by atoms with Crippen molar-refractivity contribution in [3.63, 3.8) is 0 Å². The maximum Gasteiger partial charge on any atom is 0.280 e. The van der Waals surface area contributed by atoms with Crippen molar-refractivity contribution in [2.45, 2.75) is 18.8 Å². The minimum atomic E-state index is -0.953. The molecule has 0 unspecified atom stereocenters. The molecule has 180 valence electrons. The first-order valence-electron chi connectivity index (χ1n) is 11.1. The van der Waals surface area contributed by atoms with E-state index >= 15 is 0 Å². The second-order valence-corrected chi connectivity index (χ2v) is 9.33. The monoisotopic (exact) mass is 501 g/mol. The van der Waals surface area contributed by atoms with Crippen LogP contribution in [0.5, 0.6) is 11.5 Å². The number of hydrogen-bond acceptors (Lipinski definition) is 9. The summed E-state index contributed by atoms with van der Waals surface area (Å²) in [6.07, 6.45) is -0.953.